The second-order valence-electron chi connectivity index (χ2n) is 12.0. The largest absolute Gasteiger partial charge is 0.507 e. The van der Waals surface area contributed by atoms with Crippen molar-refractivity contribution in [2.75, 3.05) is 20.1 Å². The van der Waals surface area contributed by atoms with E-state index in [1.165, 1.54) is 28.6 Å². The Bertz CT molecular complexity index is 2070. The summed E-state index contributed by atoms with van der Waals surface area (Å²) >= 11 is 0. The minimum Gasteiger partial charge on any atom is -0.507 e. The van der Waals surface area contributed by atoms with Gasteiger partial charge in [-0.1, -0.05) is 26.5 Å². The average molecular weight is 659 g/mol. The van der Waals surface area contributed by atoms with Crippen LogP contribution in [0.25, 0.3) is 32.8 Å². The molecule has 1 aromatic carbocycles. The van der Waals surface area contributed by atoms with Crippen LogP contribution in [0.3, 0.4) is 0 Å². The van der Waals surface area contributed by atoms with Crippen LogP contribution in [-0.4, -0.2) is 62.5 Å². The summed E-state index contributed by atoms with van der Waals surface area (Å²) in [7, 11) is 1.34. The lowest BCUT2D eigenvalue weighted by Crippen LogP contribution is -2.47. The molecule has 0 bridgehead atoms. The van der Waals surface area contributed by atoms with Crippen LogP contribution in [0.2, 0.25) is 0 Å². The first-order valence-corrected chi connectivity index (χ1v) is 15.3. The van der Waals surface area contributed by atoms with E-state index in [-0.39, 0.29) is 54.0 Å². The first-order valence-electron chi connectivity index (χ1n) is 15.3. The van der Waals surface area contributed by atoms with Gasteiger partial charge in [0.25, 0.3) is 17.4 Å². The third-order valence-corrected chi connectivity index (χ3v) is 8.67. The number of fused-ring (bicyclic) bond motifs is 1. The Labute approximate surface area is 274 Å². The lowest BCUT2D eigenvalue weighted by atomic mass is 9.81. The highest BCUT2D eigenvalue weighted by Crippen LogP contribution is 2.41. The van der Waals surface area contributed by atoms with Gasteiger partial charge < -0.3 is 20.2 Å². The van der Waals surface area contributed by atoms with Gasteiger partial charge in [-0.15, -0.1) is 0 Å². The quantitative estimate of drug-likeness (QED) is 0.194. The normalized spacial score (nSPS) is 16.2. The minimum atomic E-state index is -1.19. The molecule has 4 heterocycles. The number of aromatic nitrogens is 3. The zero-order valence-electron chi connectivity index (χ0n) is 26.8. The highest BCUT2D eigenvalue weighted by molar-refractivity contribution is 6.01. The number of aromatic hydroxyl groups is 1. The molecule has 1 aliphatic heterocycles. The maximum Gasteiger partial charge on any atom is 0.282 e. The molecule has 48 heavy (non-hydrogen) atoms. The highest BCUT2D eigenvalue weighted by Gasteiger charge is 2.39. The standard InChI is InChI=1S/C35H33F3N6O4/c1-17(2)29-31(18(3)10-12-41-29)44-32-22(15-24(38)30(42-32)27-23(37)8-7-9-25(27)45)26(28(35(44)48)33(46)40-6)20-11-13-43(34(47)19(4)36)21(14-20)16-39-5/h7-10,12,15,17,20-21,45H,4,11,13-14,16H2,1-3,6H3,(H,40,46)/t20?,21-/m1/s1. The summed E-state index contributed by atoms with van der Waals surface area (Å²) in [5, 5.41) is 13.1. The summed E-state index contributed by atoms with van der Waals surface area (Å²) in [5.74, 6) is -6.41. The molecule has 0 radical (unpaired) electrons. The van der Waals surface area contributed by atoms with Crippen molar-refractivity contribution in [1.29, 1.82) is 0 Å². The number of carbonyl (C=O) groups excluding carboxylic acids is 2. The predicted molar refractivity (Wildman–Crippen MR) is 174 cm³/mol. The van der Waals surface area contributed by atoms with Crippen LogP contribution in [0.4, 0.5) is 13.2 Å². The minimum absolute atomic E-state index is 0.0323. The van der Waals surface area contributed by atoms with E-state index < -0.39 is 63.8 Å². The molecule has 248 valence electrons. The average Bonchev–Trinajstić information content (AvgIpc) is 3.04. The van der Waals surface area contributed by atoms with Crippen LogP contribution in [0.5, 0.6) is 5.75 Å². The number of piperidine rings is 1. The Morgan fingerprint density at radius 3 is 2.58 bits per heavy atom. The number of amides is 2. The number of rotatable bonds is 7. The number of phenolic OH excluding ortho intramolecular Hbond substituents is 1. The fraction of sp³-hybridized carbons (Fsp3) is 0.314. The van der Waals surface area contributed by atoms with Crippen molar-refractivity contribution in [3.05, 3.63) is 105 Å². The van der Waals surface area contributed by atoms with Gasteiger partial charge in [0.05, 0.1) is 16.9 Å². The van der Waals surface area contributed by atoms with Crippen LogP contribution in [-0.2, 0) is 4.79 Å². The number of nitrogens with zero attached hydrogens (tertiary/aromatic N) is 5. The molecule has 1 aliphatic rings. The third-order valence-electron chi connectivity index (χ3n) is 8.67. The predicted octanol–water partition coefficient (Wildman–Crippen LogP) is 5.70. The number of hydrogen-bond acceptors (Lipinski definition) is 6. The summed E-state index contributed by atoms with van der Waals surface area (Å²) in [6, 6.07) is 5.37. The number of pyridine rings is 3. The van der Waals surface area contributed by atoms with Crippen molar-refractivity contribution in [3.63, 3.8) is 0 Å². The zero-order chi connectivity index (χ0) is 35.0. The molecule has 5 rings (SSSR count). The van der Waals surface area contributed by atoms with Crippen molar-refractivity contribution in [2.45, 2.75) is 51.5 Å². The summed E-state index contributed by atoms with van der Waals surface area (Å²) in [5.41, 5.74) is -0.847. The number of nitrogens with one attached hydrogen (secondary N) is 1. The number of halogens is 3. The van der Waals surface area contributed by atoms with E-state index in [0.29, 0.717) is 16.9 Å². The molecule has 1 unspecified atom stereocenters. The molecule has 10 nitrogen and oxygen atoms in total. The first-order chi connectivity index (χ1) is 22.8. The Morgan fingerprint density at radius 2 is 1.96 bits per heavy atom. The summed E-state index contributed by atoms with van der Waals surface area (Å²) < 4.78 is 46.5. The number of likely N-dealkylation sites (tertiary alicyclic amines) is 1. The van der Waals surface area contributed by atoms with Gasteiger partial charge in [-0.3, -0.25) is 23.9 Å². The smallest absolute Gasteiger partial charge is 0.282 e. The molecule has 2 amide bonds. The molecule has 3 aromatic heterocycles. The molecule has 0 saturated carbocycles. The Morgan fingerprint density at radius 1 is 1.23 bits per heavy atom. The van der Waals surface area contributed by atoms with E-state index in [1.807, 2.05) is 13.8 Å². The third kappa shape index (κ3) is 5.78. The molecule has 2 atom stereocenters. The van der Waals surface area contributed by atoms with E-state index in [0.717, 1.165) is 12.1 Å². The number of aryl methyl sites for hydroxylation is 1. The van der Waals surface area contributed by atoms with Crippen LogP contribution in [0.15, 0.2) is 53.7 Å². The van der Waals surface area contributed by atoms with Crippen molar-refractivity contribution >= 4 is 22.8 Å². The maximum atomic E-state index is 16.2. The van der Waals surface area contributed by atoms with Crippen LogP contribution in [0.1, 0.15) is 65.7 Å². The molecular formula is C35H33F3N6O4. The zero-order valence-corrected chi connectivity index (χ0v) is 26.8. The van der Waals surface area contributed by atoms with Gasteiger partial charge in [-0.25, -0.2) is 24.7 Å². The fourth-order valence-corrected chi connectivity index (χ4v) is 6.50. The van der Waals surface area contributed by atoms with Gasteiger partial charge in [0.1, 0.15) is 34.5 Å². The van der Waals surface area contributed by atoms with Gasteiger partial charge >= 0.3 is 0 Å². The molecular weight excluding hydrogens is 625 g/mol. The fourth-order valence-electron chi connectivity index (χ4n) is 6.50. The molecule has 2 N–H and O–H groups in total. The van der Waals surface area contributed by atoms with Gasteiger partial charge in [0.15, 0.2) is 11.6 Å². The molecule has 1 saturated heterocycles. The second kappa shape index (κ2) is 13.3. The molecule has 13 heteroatoms. The lowest BCUT2D eigenvalue weighted by Gasteiger charge is -2.37. The van der Waals surface area contributed by atoms with Crippen molar-refractivity contribution in [1.82, 2.24) is 24.8 Å². The molecule has 4 aromatic rings. The highest BCUT2D eigenvalue weighted by atomic mass is 19.1. The Balaban J connectivity index is 1.93. The Hall–Kier alpha value is -5.51. The van der Waals surface area contributed by atoms with Gasteiger partial charge in [0, 0.05) is 25.2 Å². The van der Waals surface area contributed by atoms with Crippen molar-refractivity contribution < 1.29 is 27.9 Å². The topological polar surface area (TPSA) is 122 Å². The van der Waals surface area contributed by atoms with E-state index in [4.69, 9.17) is 6.57 Å². The lowest BCUT2D eigenvalue weighted by molar-refractivity contribution is -0.132. The van der Waals surface area contributed by atoms with E-state index in [1.54, 1.807) is 19.2 Å². The number of benzene rings is 1. The number of phenols is 1. The van der Waals surface area contributed by atoms with Crippen LogP contribution >= 0.6 is 0 Å². The van der Waals surface area contributed by atoms with E-state index >= 15 is 8.78 Å². The number of hydrogen-bond donors (Lipinski definition) is 2. The first kappa shape index (κ1) is 33.8. The van der Waals surface area contributed by atoms with Crippen molar-refractivity contribution in [2.24, 2.45) is 0 Å². The summed E-state index contributed by atoms with van der Waals surface area (Å²) in [4.78, 5) is 54.6. The van der Waals surface area contributed by atoms with E-state index in [9.17, 15) is 23.9 Å². The SMILES string of the molecule is [C-]#[N+]C[C@H]1CC(c2c(C(=O)NC)c(=O)n(-c3c(C)ccnc3C(C)C)c3nc(-c4c(O)cccc4F)c(F)cc23)CCN1C(=O)C(=C)F. The number of carbonyl (C=O) groups is 2. The van der Waals surface area contributed by atoms with Gasteiger partial charge in [-0.05, 0) is 67.0 Å². The van der Waals surface area contributed by atoms with E-state index in [2.05, 4.69) is 26.7 Å². The molecule has 0 aliphatic carbocycles. The van der Waals surface area contributed by atoms with Crippen molar-refractivity contribution in [3.8, 4) is 22.7 Å². The monoisotopic (exact) mass is 658 g/mol. The second-order valence-corrected chi connectivity index (χ2v) is 12.0. The summed E-state index contributed by atoms with van der Waals surface area (Å²) in [6.45, 7) is 15.8. The van der Waals surface area contributed by atoms with Crippen LogP contribution in [0, 0.1) is 25.1 Å². The maximum absolute atomic E-state index is 16.2. The van der Waals surface area contributed by atoms with Gasteiger partial charge in [-0.2, -0.15) is 0 Å². The van der Waals surface area contributed by atoms with Gasteiger partial charge in [0.2, 0.25) is 6.54 Å². The molecule has 1 fully saturated rings. The summed E-state index contributed by atoms with van der Waals surface area (Å²) in [6.07, 6.45) is 1.73. The van der Waals surface area contributed by atoms with Crippen LogP contribution < -0.4 is 10.9 Å². The molecule has 0 spiro atoms. The Kier molecular flexibility index (Phi) is 9.38.